The fraction of sp³-hybridized carbons (Fsp3) is 0.533. The van der Waals surface area contributed by atoms with Gasteiger partial charge in [-0.15, -0.1) is 12.4 Å². The van der Waals surface area contributed by atoms with E-state index in [2.05, 4.69) is 10.6 Å². The number of carbonyl (C=O) groups is 1. The first-order valence-electron chi connectivity index (χ1n) is 7.34. The monoisotopic (exact) mass is 362 g/mol. The van der Waals surface area contributed by atoms with E-state index in [0.717, 1.165) is 6.26 Å². The van der Waals surface area contributed by atoms with Crippen molar-refractivity contribution in [1.29, 1.82) is 0 Å². The summed E-state index contributed by atoms with van der Waals surface area (Å²) in [5.74, 6) is 0.251. The summed E-state index contributed by atoms with van der Waals surface area (Å²) in [5, 5.41) is 5.82. The largest absolute Gasteiger partial charge is 0.494 e. The highest BCUT2D eigenvalue weighted by atomic mass is 35.5. The van der Waals surface area contributed by atoms with Gasteiger partial charge in [0.1, 0.15) is 5.75 Å². The van der Waals surface area contributed by atoms with Crippen molar-refractivity contribution in [3.05, 3.63) is 24.3 Å². The summed E-state index contributed by atoms with van der Waals surface area (Å²) < 4.78 is 28.3. The maximum absolute atomic E-state index is 12.6. The average molecular weight is 363 g/mol. The van der Waals surface area contributed by atoms with Gasteiger partial charge < -0.3 is 15.4 Å². The van der Waals surface area contributed by atoms with E-state index < -0.39 is 20.5 Å². The maximum Gasteiger partial charge on any atom is 0.245 e. The summed E-state index contributed by atoms with van der Waals surface area (Å²) in [6.07, 6.45) is 1.71. The van der Waals surface area contributed by atoms with E-state index in [9.17, 15) is 13.2 Å². The zero-order valence-electron chi connectivity index (χ0n) is 13.3. The molecule has 1 aliphatic heterocycles. The Kier molecular flexibility index (Phi) is 6.85. The number of hydrogen-bond donors (Lipinski definition) is 2. The molecule has 0 aliphatic carbocycles. The first-order valence-corrected chi connectivity index (χ1v) is 9.23. The number of carbonyl (C=O) groups excluding carboxylic acids is 1. The van der Waals surface area contributed by atoms with E-state index in [1.165, 1.54) is 0 Å². The predicted molar refractivity (Wildman–Crippen MR) is 93.2 cm³/mol. The molecule has 23 heavy (non-hydrogen) atoms. The van der Waals surface area contributed by atoms with Gasteiger partial charge in [-0.25, -0.2) is 8.42 Å². The number of sulfone groups is 1. The first kappa shape index (κ1) is 19.7. The smallest absolute Gasteiger partial charge is 0.245 e. The molecule has 1 aliphatic rings. The number of anilines is 1. The molecule has 0 aromatic heterocycles. The lowest BCUT2D eigenvalue weighted by molar-refractivity contribution is -0.119. The molecule has 1 saturated heterocycles. The van der Waals surface area contributed by atoms with Gasteiger partial charge in [0.25, 0.3) is 0 Å². The molecule has 1 aromatic rings. The third-order valence-corrected chi connectivity index (χ3v) is 5.97. The molecule has 0 spiro atoms. The summed E-state index contributed by atoms with van der Waals surface area (Å²) in [4.78, 5) is 12.6. The predicted octanol–water partition coefficient (Wildman–Crippen LogP) is 1.61. The van der Waals surface area contributed by atoms with Crippen molar-refractivity contribution in [2.45, 2.75) is 24.5 Å². The Morgan fingerprint density at radius 2 is 1.83 bits per heavy atom. The van der Waals surface area contributed by atoms with Crippen molar-refractivity contribution >= 4 is 33.8 Å². The lowest BCUT2D eigenvalue weighted by Crippen LogP contribution is -2.55. The molecule has 1 heterocycles. The molecule has 130 valence electrons. The molecule has 1 aromatic carbocycles. The molecule has 2 rings (SSSR count). The average Bonchev–Trinajstić information content (AvgIpc) is 2.49. The Morgan fingerprint density at radius 1 is 1.26 bits per heavy atom. The highest BCUT2D eigenvalue weighted by molar-refractivity contribution is 7.92. The third-order valence-electron chi connectivity index (χ3n) is 3.96. The molecule has 1 amide bonds. The summed E-state index contributed by atoms with van der Waals surface area (Å²) in [6, 6.07) is 6.91. The van der Waals surface area contributed by atoms with Gasteiger partial charge in [-0.1, -0.05) is 0 Å². The molecule has 2 N–H and O–H groups in total. The van der Waals surface area contributed by atoms with E-state index in [1.54, 1.807) is 24.3 Å². The molecular weight excluding hydrogens is 340 g/mol. The number of amides is 1. The second kappa shape index (κ2) is 7.99. The van der Waals surface area contributed by atoms with Crippen LogP contribution in [0.2, 0.25) is 0 Å². The zero-order valence-corrected chi connectivity index (χ0v) is 14.9. The first-order chi connectivity index (χ1) is 10.4. The van der Waals surface area contributed by atoms with Gasteiger partial charge in [-0.2, -0.15) is 0 Å². The van der Waals surface area contributed by atoms with Gasteiger partial charge in [-0.05, 0) is 57.1 Å². The fourth-order valence-corrected chi connectivity index (χ4v) is 3.98. The Morgan fingerprint density at radius 3 is 2.30 bits per heavy atom. The number of benzene rings is 1. The summed E-state index contributed by atoms with van der Waals surface area (Å²) >= 11 is 0. The van der Waals surface area contributed by atoms with Crippen LogP contribution in [-0.2, 0) is 14.6 Å². The van der Waals surface area contributed by atoms with Gasteiger partial charge in [0.2, 0.25) is 5.91 Å². The Bertz CT molecular complexity index is 625. The van der Waals surface area contributed by atoms with Gasteiger partial charge in [0.05, 0.1) is 6.61 Å². The van der Waals surface area contributed by atoms with Crippen molar-refractivity contribution in [3.63, 3.8) is 0 Å². The lowest BCUT2D eigenvalue weighted by atomic mass is 9.95. The lowest BCUT2D eigenvalue weighted by Gasteiger charge is -2.34. The molecule has 0 saturated carbocycles. The molecule has 1 fully saturated rings. The van der Waals surface area contributed by atoms with Gasteiger partial charge in [-0.3, -0.25) is 4.79 Å². The molecular formula is C15H23ClN2O4S. The van der Waals surface area contributed by atoms with Crippen LogP contribution in [0.1, 0.15) is 19.8 Å². The quantitative estimate of drug-likeness (QED) is 0.831. The van der Waals surface area contributed by atoms with Crippen LogP contribution >= 0.6 is 12.4 Å². The number of nitrogens with one attached hydrogen (secondary N) is 2. The van der Waals surface area contributed by atoms with Crippen LogP contribution in [0.15, 0.2) is 24.3 Å². The molecule has 0 radical (unpaired) electrons. The fourth-order valence-electron chi connectivity index (χ4n) is 2.64. The Hall–Kier alpha value is -1.31. The molecule has 0 atom stereocenters. The second-order valence-electron chi connectivity index (χ2n) is 5.43. The molecule has 0 unspecified atom stereocenters. The van der Waals surface area contributed by atoms with Crippen molar-refractivity contribution in [1.82, 2.24) is 5.32 Å². The van der Waals surface area contributed by atoms with Crippen molar-refractivity contribution < 1.29 is 17.9 Å². The van der Waals surface area contributed by atoms with Gasteiger partial charge in [0, 0.05) is 11.9 Å². The van der Waals surface area contributed by atoms with Crippen LogP contribution in [0.4, 0.5) is 5.69 Å². The number of halogens is 1. The van der Waals surface area contributed by atoms with Crippen LogP contribution < -0.4 is 15.4 Å². The van der Waals surface area contributed by atoms with E-state index in [-0.39, 0.29) is 25.2 Å². The van der Waals surface area contributed by atoms with Gasteiger partial charge >= 0.3 is 0 Å². The minimum absolute atomic E-state index is 0. The number of piperidine rings is 1. The number of hydrogen-bond acceptors (Lipinski definition) is 5. The van der Waals surface area contributed by atoms with Crippen LogP contribution in [0.3, 0.4) is 0 Å². The third kappa shape index (κ3) is 4.37. The van der Waals surface area contributed by atoms with Crippen LogP contribution in [0, 0.1) is 0 Å². The second-order valence-corrected chi connectivity index (χ2v) is 7.75. The number of rotatable bonds is 5. The van der Waals surface area contributed by atoms with E-state index in [1.807, 2.05) is 6.92 Å². The van der Waals surface area contributed by atoms with Crippen LogP contribution in [0.25, 0.3) is 0 Å². The van der Waals surface area contributed by atoms with E-state index in [4.69, 9.17) is 4.74 Å². The van der Waals surface area contributed by atoms with Crippen molar-refractivity contribution in [2.24, 2.45) is 0 Å². The molecule has 0 bridgehead atoms. The summed E-state index contributed by atoms with van der Waals surface area (Å²) in [5.41, 5.74) is 0.565. The zero-order chi connectivity index (χ0) is 16.2. The van der Waals surface area contributed by atoms with Crippen molar-refractivity contribution in [3.8, 4) is 5.75 Å². The topological polar surface area (TPSA) is 84.5 Å². The van der Waals surface area contributed by atoms with Crippen LogP contribution in [0.5, 0.6) is 5.75 Å². The van der Waals surface area contributed by atoms with E-state index in [0.29, 0.717) is 31.1 Å². The minimum atomic E-state index is -3.50. The SMILES string of the molecule is CCOc1ccc(NC(=O)C2(S(C)(=O)=O)CCNCC2)cc1.Cl. The summed E-state index contributed by atoms with van der Waals surface area (Å²) in [7, 11) is -3.50. The van der Waals surface area contributed by atoms with Crippen molar-refractivity contribution in [2.75, 3.05) is 31.3 Å². The van der Waals surface area contributed by atoms with Crippen LogP contribution in [-0.4, -0.2) is 45.0 Å². The number of ether oxygens (including phenoxy) is 1. The highest BCUT2D eigenvalue weighted by Crippen LogP contribution is 2.29. The van der Waals surface area contributed by atoms with E-state index >= 15 is 0 Å². The Balaban J connectivity index is 0.00000264. The van der Waals surface area contributed by atoms with Gasteiger partial charge in [0.15, 0.2) is 14.6 Å². The molecule has 8 heteroatoms. The highest BCUT2D eigenvalue weighted by Gasteiger charge is 2.48. The maximum atomic E-state index is 12.6. The minimum Gasteiger partial charge on any atom is -0.494 e. The summed E-state index contributed by atoms with van der Waals surface area (Å²) in [6.45, 7) is 3.49. The standard InChI is InChI=1S/C15H22N2O4S.ClH/c1-3-21-13-6-4-12(5-7-13)17-14(18)15(22(2,19)20)8-10-16-11-9-15;/h4-7,16H,3,8-11H2,1-2H3,(H,17,18);1H. The Labute approximate surface area is 143 Å². The normalized spacial score (nSPS) is 17.0. The molecule has 6 nitrogen and oxygen atoms in total.